The summed E-state index contributed by atoms with van der Waals surface area (Å²) in [5, 5.41) is 2.70. The molecule has 26 heavy (non-hydrogen) atoms. The molecule has 0 saturated heterocycles. The van der Waals surface area contributed by atoms with Crippen LogP contribution in [0.1, 0.15) is 89.1 Å². The predicted octanol–water partition coefficient (Wildman–Crippen LogP) is 5.11. The maximum absolute atomic E-state index is 12.3. The van der Waals surface area contributed by atoms with Crippen LogP contribution in [0.15, 0.2) is 22.8 Å². The SMILES string of the molecule is CCCCCCCCCCCOC(=O)C(NC(=O)c1ccco1)C(C)C. The Bertz CT molecular complexity index is 496. The molecule has 1 heterocycles. The minimum atomic E-state index is -0.661. The van der Waals surface area contributed by atoms with Crippen molar-refractivity contribution < 1.29 is 18.7 Å². The van der Waals surface area contributed by atoms with Crippen molar-refractivity contribution in [3.8, 4) is 0 Å². The van der Waals surface area contributed by atoms with Gasteiger partial charge in [-0.3, -0.25) is 4.79 Å². The lowest BCUT2D eigenvalue weighted by Crippen LogP contribution is -2.45. The van der Waals surface area contributed by atoms with Crippen molar-refractivity contribution in [2.45, 2.75) is 84.6 Å². The maximum Gasteiger partial charge on any atom is 0.328 e. The number of ether oxygens (including phenoxy) is 1. The molecule has 0 radical (unpaired) electrons. The van der Waals surface area contributed by atoms with Crippen molar-refractivity contribution in [1.82, 2.24) is 5.32 Å². The number of amides is 1. The Labute approximate surface area is 157 Å². The fourth-order valence-corrected chi connectivity index (χ4v) is 2.79. The summed E-state index contributed by atoms with van der Waals surface area (Å²) in [7, 11) is 0. The van der Waals surface area contributed by atoms with E-state index < -0.39 is 11.9 Å². The van der Waals surface area contributed by atoms with E-state index in [9.17, 15) is 9.59 Å². The van der Waals surface area contributed by atoms with Crippen molar-refractivity contribution in [1.29, 1.82) is 0 Å². The van der Waals surface area contributed by atoms with Gasteiger partial charge in [0.15, 0.2) is 5.76 Å². The lowest BCUT2D eigenvalue weighted by Gasteiger charge is -2.20. The summed E-state index contributed by atoms with van der Waals surface area (Å²) < 4.78 is 10.4. The Balaban J connectivity index is 2.17. The van der Waals surface area contributed by atoms with Crippen LogP contribution in [0.2, 0.25) is 0 Å². The highest BCUT2D eigenvalue weighted by Crippen LogP contribution is 2.11. The maximum atomic E-state index is 12.3. The smallest absolute Gasteiger partial charge is 0.328 e. The zero-order valence-electron chi connectivity index (χ0n) is 16.6. The summed E-state index contributed by atoms with van der Waals surface area (Å²) in [6.45, 7) is 6.40. The monoisotopic (exact) mass is 365 g/mol. The van der Waals surface area contributed by atoms with Gasteiger partial charge in [0.1, 0.15) is 6.04 Å². The van der Waals surface area contributed by atoms with E-state index in [1.165, 1.54) is 51.2 Å². The summed E-state index contributed by atoms with van der Waals surface area (Å²) in [6.07, 6.45) is 12.4. The molecule has 1 unspecified atom stereocenters. The number of furan rings is 1. The van der Waals surface area contributed by atoms with E-state index in [1.807, 2.05) is 13.8 Å². The molecule has 0 aliphatic heterocycles. The number of hydrogen-bond donors (Lipinski definition) is 1. The Hall–Kier alpha value is -1.78. The molecule has 0 aliphatic rings. The van der Waals surface area contributed by atoms with E-state index in [0.29, 0.717) is 6.61 Å². The van der Waals surface area contributed by atoms with Gasteiger partial charge in [-0.1, -0.05) is 72.1 Å². The van der Waals surface area contributed by atoms with E-state index in [1.54, 1.807) is 12.1 Å². The normalized spacial score (nSPS) is 12.2. The fraction of sp³-hybridized carbons (Fsp3) is 0.714. The van der Waals surface area contributed by atoms with Crippen LogP contribution in [-0.4, -0.2) is 24.5 Å². The topological polar surface area (TPSA) is 68.5 Å². The van der Waals surface area contributed by atoms with Gasteiger partial charge in [0.05, 0.1) is 12.9 Å². The molecular formula is C21H35NO4. The standard InChI is InChI=1S/C21H35NO4/c1-4-5-6-7-8-9-10-11-12-15-26-21(24)19(17(2)3)22-20(23)18-14-13-16-25-18/h13-14,16-17,19H,4-12,15H2,1-3H3,(H,22,23). The van der Waals surface area contributed by atoms with Crippen molar-refractivity contribution in [3.05, 3.63) is 24.2 Å². The molecule has 1 N–H and O–H groups in total. The quantitative estimate of drug-likeness (QED) is 0.367. The number of esters is 1. The molecule has 148 valence electrons. The second-order valence-electron chi connectivity index (χ2n) is 7.17. The summed E-state index contributed by atoms with van der Waals surface area (Å²) in [6, 6.07) is 2.55. The van der Waals surface area contributed by atoms with Gasteiger partial charge in [0.25, 0.3) is 5.91 Å². The molecule has 0 spiro atoms. The Morgan fingerprint density at radius 2 is 1.65 bits per heavy atom. The van der Waals surface area contributed by atoms with Crippen LogP contribution in [-0.2, 0) is 9.53 Å². The molecule has 5 heteroatoms. The van der Waals surface area contributed by atoms with Gasteiger partial charge in [-0.25, -0.2) is 4.79 Å². The minimum absolute atomic E-state index is 0.0514. The molecule has 0 fully saturated rings. The van der Waals surface area contributed by atoms with Crippen molar-refractivity contribution in [2.24, 2.45) is 5.92 Å². The fourth-order valence-electron chi connectivity index (χ4n) is 2.79. The molecular weight excluding hydrogens is 330 g/mol. The van der Waals surface area contributed by atoms with Crippen molar-refractivity contribution in [3.63, 3.8) is 0 Å². The van der Waals surface area contributed by atoms with E-state index in [-0.39, 0.29) is 17.6 Å². The second kappa shape index (κ2) is 13.4. The van der Waals surface area contributed by atoms with Gasteiger partial charge >= 0.3 is 5.97 Å². The first-order chi connectivity index (χ1) is 12.6. The molecule has 0 bridgehead atoms. The number of nitrogens with one attached hydrogen (secondary N) is 1. The summed E-state index contributed by atoms with van der Waals surface area (Å²) in [5.41, 5.74) is 0. The highest BCUT2D eigenvalue weighted by atomic mass is 16.5. The third-order valence-electron chi connectivity index (χ3n) is 4.44. The van der Waals surface area contributed by atoms with Crippen molar-refractivity contribution >= 4 is 11.9 Å². The molecule has 1 aromatic heterocycles. The number of carbonyl (C=O) groups is 2. The third-order valence-corrected chi connectivity index (χ3v) is 4.44. The van der Waals surface area contributed by atoms with Gasteiger partial charge in [-0.05, 0) is 24.5 Å². The summed E-state index contributed by atoms with van der Waals surface area (Å²) >= 11 is 0. The summed E-state index contributed by atoms with van der Waals surface area (Å²) in [5.74, 6) is -0.625. The zero-order chi connectivity index (χ0) is 19.2. The molecule has 0 aromatic carbocycles. The number of unbranched alkanes of at least 4 members (excludes halogenated alkanes) is 8. The zero-order valence-corrected chi connectivity index (χ0v) is 16.6. The van der Waals surface area contributed by atoms with Gasteiger partial charge in [0, 0.05) is 0 Å². The van der Waals surface area contributed by atoms with E-state index in [0.717, 1.165) is 12.8 Å². The molecule has 1 atom stereocenters. The van der Waals surface area contributed by atoms with Crippen LogP contribution in [0.4, 0.5) is 0 Å². The van der Waals surface area contributed by atoms with Crippen molar-refractivity contribution in [2.75, 3.05) is 6.61 Å². The molecule has 1 rings (SSSR count). The molecule has 1 aromatic rings. The van der Waals surface area contributed by atoms with Gasteiger partial charge < -0.3 is 14.5 Å². The second-order valence-corrected chi connectivity index (χ2v) is 7.17. The largest absolute Gasteiger partial charge is 0.464 e. The van der Waals surface area contributed by atoms with Crippen LogP contribution in [0, 0.1) is 5.92 Å². The third kappa shape index (κ3) is 9.07. The number of carbonyl (C=O) groups excluding carboxylic acids is 2. The Morgan fingerprint density at radius 3 is 2.19 bits per heavy atom. The van der Waals surface area contributed by atoms with Gasteiger partial charge in [-0.15, -0.1) is 0 Å². The number of rotatable bonds is 14. The minimum Gasteiger partial charge on any atom is -0.464 e. The van der Waals surface area contributed by atoms with Crippen LogP contribution in [0.5, 0.6) is 0 Å². The van der Waals surface area contributed by atoms with E-state index >= 15 is 0 Å². The van der Waals surface area contributed by atoms with Crippen LogP contribution in [0.25, 0.3) is 0 Å². The molecule has 5 nitrogen and oxygen atoms in total. The van der Waals surface area contributed by atoms with Crippen LogP contribution < -0.4 is 5.32 Å². The average molecular weight is 366 g/mol. The Morgan fingerprint density at radius 1 is 1.04 bits per heavy atom. The van der Waals surface area contributed by atoms with E-state index in [2.05, 4.69) is 12.2 Å². The first kappa shape index (κ1) is 22.3. The van der Waals surface area contributed by atoms with Gasteiger partial charge in [0.2, 0.25) is 0 Å². The molecule has 0 saturated carbocycles. The molecule has 1 amide bonds. The Kier molecular flexibility index (Phi) is 11.5. The highest BCUT2D eigenvalue weighted by Gasteiger charge is 2.26. The van der Waals surface area contributed by atoms with Crippen LogP contribution in [0.3, 0.4) is 0 Å². The highest BCUT2D eigenvalue weighted by molar-refractivity contribution is 5.94. The number of hydrogen-bond acceptors (Lipinski definition) is 4. The lowest BCUT2D eigenvalue weighted by atomic mass is 10.0. The molecule has 0 aliphatic carbocycles. The first-order valence-corrected chi connectivity index (χ1v) is 10.1. The summed E-state index contributed by atoms with van der Waals surface area (Å²) in [4.78, 5) is 24.3. The van der Waals surface area contributed by atoms with Crippen LogP contribution >= 0.6 is 0 Å². The average Bonchev–Trinajstić information content (AvgIpc) is 3.15. The van der Waals surface area contributed by atoms with E-state index in [4.69, 9.17) is 9.15 Å². The van der Waals surface area contributed by atoms with Gasteiger partial charge in [-0.2, -0.15) is 0 Å². The lowest BCUT2D eigenvalue weighted by molar-refractivity contribution is -0.147. The first-order valence-electron chi connectivity index (χ1n) is 10.1. The predicted molar refractivity (Wildman–Crippen MR) is 103 cm³/mol.